The minimum absolute atomic E-state index is 0.0789. The van der Waals surface area contributed by atoms with Crippen molar-refractivity contribution in [3.05, 3.63) is 77.1 Å². The van der Waals surface area contributed by atoms with Crippen molar-refractivity contribution >= 4 is 17.4 Å². The Morgan fingerprint density at radius 1 is 1.00 bits per heavy atom. The Bertz CT molecular complexity index is 1070. The molecule has 0 fully saturated rings. The van der Waals surface area contributed by atoms with Crippen molar-refractivity contribution in [3.8, 4) is 5.69 Å². The summed E-state index contributed by atoms with van der Waals surface area (Å²) in [6.45, 7) is 3.09. The number of ketones is 1. The van der Waals surface area contributed by atoms with Crippen LogP contribution >= 0.6 is 0 Å². The van der Waals surface area contributed by atoms with Gasteiger partial charge in [0, 0.05) is 12.7 Å². The standard InChI is InChI=1S/C21H18F3N3O2/c1-13-18(19(28)20(29)26(3)16-9-5-4-6-10-16)14(2)27(25-13)17-11-7-8-15(12-17)21(22,23)24/h4-12H,1-3H3. The van der Waals surface area contributed by atoms with Gasteiger partial charge in [-0.25, -0.2) is 4.68 Å². The van der Waals surface area contributed by atoms with Gasteiger partial charge in [-0.1, -0.05) is 24.3 Å². The Morgan fingerprint density at radius 2 is 1.66 bits per heavy atom. The third-order valence-corrected chi connectivity index (χ3v) is 4.58. The second-order valence-corrected chi connectivity index (χ2v) is 6.53. The van der Waals surface area contributed by atoms with Crippen LogP contribution < -0.4 is 4.90 Å². The number of hydrogen-bond donors (Lipinski definition) is 0. The van der Waals surface area contributed by atoms with E-state index in [1.807, 2.05) is 0 Å². The number of benzene rings is 2. The lowest BCUT2D eigenvalue weighted by molar-refractivity contribution is -0.137. The average Bonchev–Trinajstić information content (AvgIpc) is 3.00. The maximum Gasteiger partial charge on any atom is 0.416 e. The minimum atomic E-state index is -4.50. The summed E-state index contributed by atoms with van der Waals surface area (Å²) < 4.78 is 40.3. The van der Waals surface area contributed by atoms with E-state index in [0.29, 0.717) is 11.4 Å². The van der Waals surface area contributed by atoms with Crippen molar-refractivity contribution in [1.29, 1.82) is 0 Å². The Balaban J connectivity index is 1.98. The molecule has 2 aromatic carbocycles. The van der Waals surface area contributed by atoms with Crippen molar-refractivity contribution < 1.29 is 22.8 Å². The van der Waals surface area contributed by atoms with Gasteiger partial charge in [0.25, 0.3) is 11.7 Å². The molecule has 0 spiro atoms. The summed E-state index contributed by atoms with van der Waals surface area (Å²) in [6.07, 6.45) is -4.50. The Labute approximate surface area is 165 Å². The SMILES string of the molecule is Cc1nn(-c2cccc(C(F)(F)F)c2)c(C)c1C(=O)C(=O)N(C)c1ccccc1. The largest absolute Gasteiger partial charge is 0.416 e. The Morgan fingerprint density at radius 3 is 2.28 bits per heavy atom. The zero-order valence-corrected chi connectivity index (χ0v) is 16.0. The number of likely N-dealkylation sites (N-methyl/N-ethyl adjacent to an activating group) is 1. The van der Waals surface area contributed by atoms with Crippen LogP contribution in [-0.4, -0.2) is 28.5 Å². The number of para-hydroxylation sites is 1. The molecule has 0 saturated carbocycles. The number of alkyl halides is 3. The predicted octanol–water partition coefficient (Wildman–Crippen LogP) is 4.35. The normalized spacial score (nSPS) is 11.4. The third-order valence-electron chi connectivity index (χ3n) is 4.58. The van der Waals surface area contributed by atoms with Gasteiger partial charge >= 0.3 is 6.18 Å². The molecule has 0 aliphatic heterocycles. The number of aryl methyl sites for hydroxylation is 1. The molecule has 1 heterocycles. The molecule has 3 aromatic rings. The fourth-order valence-electron chi connectivity index (χ4n) is 3.06. The number of amides is 1. The first-order chi connectivity index (χ1) is 13.6. The van der Waals surface area contributed by atoms with Gasteiger partial charge in [-0.15, -0.1) is 0 Å². The molecule has 0 unspecified atom stereocenters. The zero-order chi connectivity index (χ0) is 21.3. The molecule has 3 rings (SSSR count). The first-order valence-electron chi connectivity index (χ1n) is 8.72. The molecule has 0 atom stereocenters. The van der Waals surface area contributed by atoms with Crippen molar-refractivity contribution in [2.75, 3.05) is 11.9 Å². The molecule has 29 heavy (non-hydrogen) atoms. The van der Waals surface area contributed by atoms with Crippen LogP contribution in [0, 0.1) is 13.8 Å². The summed E-state index contributed by atoms with van der Waals surface area (Å²) in [5.41, 5.74) is 0.515. The van der Waals surface area contributed by atoms with Crippen LogP contribution in [0.4, 0.5) is 18.9 Å². The highest BCUT2D eigenvalue weighted by molar-refractivity contribution is 6.47. The number of rotatable bonds is 4. The van der Waals surface area contributed by atoms with E-state index in [2.05, 4.69) is 5.10 Å². The van der Waals surface area contributed by atoms with E-state index >= 15 is 0 Å². The van der Waals surface area contributed by atoms with E-state index in [4.69, 9.17) is 0 Å². The quantitative estimate of drug-likeness (QED) is 0.482. The van der Waals surface area contributed by atoms with E-state index in [-0.39, 0.29) is 16.9 Å². The van der Waals surface area contributed by atoms with Gasteiger partial charge in [0.15, 0.2) is 0 Å². The van der Waals surface area contributed by atoms with Crippen molar-refractivity contribution in [2.45, 2.75) is 20.0 Å². The topological polar surface area (TPSA) is 55.2 Å². The maximum atomic E-state index is 13.0. The molecule has 1 amide bonds. The summed E-state index contributed by atoms with van der Waals surface area (Å²) in [7, 11) is 1.48. The number of Topliss-reactive ketones (excluding diaryl/α,β-unsaturated/α-hetero) is 1. The molecular weight excluding hydrogens is 383 g/mol. The molecule has 1 aromatic heterocycles. The molecule has 8 heteroatoms. The molecule has 0 bridgehead atoms. The third kappa shape index (κ3) is 3.91. The van der Waals surface area contributed by atoms with Gasteiger partial charge < -0.3 is 4.90 Å². The number of aromatic nitrogens is 2. The summed E-state index contributed by atoms with van der Waals surface area (Å²) in [4.78, 5) is 26.7. The summed E-state index contributed by atoms with van der Waals surface area (Å²) in [6, 6.07) is 13.3. The number of halogens is 3. The monoisotopic (exact) mass is 401 g/mol. The fraction of sp³-hybridized carbons (Fsp3) is 0.190. The lowest BCUT2D eigenvalue weighted by atomic mass is 10.1. The van der Waals surface area contributed by atoms with Crippen LogP contribution in [0.1, 0.15) is 27.3 Å². The first-order valence-corrected chi connectivity index (χ1v) is 8.72. The van der Waals surface area contributed by atoms with Crippen molar-refractivity contribution in [1.82, 2.24) is 9.78 Å². The summed E-state index contributed by atoms with van der Waals surface area (Å²) in [5.74, 6) is -1.53. The maximum absolute atomic E-state index is 13.0. The van der Waals surface area contributed by atoms with E-state index in [9.17, 15) is 22.8 Å². The highest BCUT2D eigenvalue weighted by atomic mass is 19.4. The van der Waals surface area contributed by atoms with E-state index in [1.165, 1.54) is 28.8 Å². The van der Waals surface area contributed by atoms with Crippen LogP contribution in [0.25, 0.3) is 5.69 Å². The van der Waals surface area contributed by atoms with Crippen LogP contribution in [-0.2, 0) is 11.0 Å². The number of nitrogens with zero attached hydrogens (tertiary/aromatic N) is 3. The first kappa shape index (κ1) is 20.3. The molecular formula is C21H18F3N3O2. The number of hydrogen-bond acceptors (Lipinski definition) is 3. The molecule has 0 aliphatic carbocycles. The van der Waals surface area contributed by atoms with Crippen molar-refractivity contribution in [3.63, 3.8) is 0 Å². The van der Waals surface area contributed by atoms with Gasteiger partial charge in [0.05, 0.1) is 28.2 Å². The lowest BCUT2D eigenvalue weighted by Crippen LogP contribution is -2.33. The smallest absolute Gasteiger partial charge is 0.309 e. The average molecular weight is 401 g/mol. The summed E-state index contributed by atoms with van der Waals surface area (Å²) >= 11 is 0. The molecule has 0 radical (unpaired) electrons. The highest BCUT2D eigenvalue weighted by Crippen LogP contribution is 2.31. The van der Waals surface area contributed by atoms with E-state index in [0.717, 1.165) is 12.1 Å². The van der Waals surface area contributed by atoms with Crippen LogP contribution in [0.15, 0.2) is 54.6 Å². The van der Waals surface area contributed by atoms with Gasteiger partial charge in [-0.05, 0) is 44.2 Å². The molecule has 0 N–H and O–H groups in total. The van der Waals surface area contributed by atoms with Gasteiger partial charge in [-0.2, -0.15) is 18.3 Å². The Kier molecular flexibility index (Phi) is 5.28. The summed E-state index contributed by atoms with van der Waals surface area (Å²) in [5, 5.41) is 4.20. The van der Waals surface area contributed by atoms with Crippen LogP contribution in [0.5, 0.6) is 0 Å². The van der Waals surface area contributed by atoms with Crippen LogP contribution in [0.3, 0.4) is 0 Å². The minimum Gasteiger partial charge on any atom is -0.309 e. The number of anilines is 1. The zero-order valence-electron chi connectivity index (χ0n) is 16.0. The second kappa shape index (κ2) is 7.54. The fourth-order valence-corrected chi connectivity index (χ4v) is 3.06. The molecule has 0 saturated heterocycles. The van der Waals surface area contributed by atoms with Crippen LogP contribution in [0.2, 0.25) is 0 Å². The Hall–Kier alpha value is -3.42. The van der Waals surface area contributed by atoms with Gasteiger partial charge in [0.2, 0.25) is 0 Å². The molecule has 5 nitrogen and oxygen atoms in total. The van der Waals surface area contributed by atoms with Crippen molar-refractivity contribution in [2.24, 2.45) is 0 Å². The molecule has 150 valence electrons. The number of carbonyl (C=O) groups excluding carboxylic acids is 2. The highest BCUT2D eigenvalue weighted by Gasteiger charge is 2.32. The van der Waals surface area contributed by atoms with E-state index in [1.54, 1.807) is 44.2 Å². The molecule has 0 aliphatic rings. The lowest BCUT2D eigenvalue weighted by Gasteiger charge is -2.16. The van der Waals surface area contributed by atoms with Gasteiger partial charge in [-0.3, -0.25) is 9.59 Å². The predicted molar refractivity (Wildman–Crippen MR) is 102 cm³/mol. The second-order valence-electron chi connectivity index (χ2n) is 6.53. The van der Waals surface area contributed by atoms with E-state index < -0.39 is 23.4 Å². The number of carbonyl (C=O) groups is 2. The van der Waals surface area contributed by atoms with Gasteiger partial charge in [0.1, 0.15) is 0 Å².